The highest BCUT2D eigenvalue weighted by atomic mass is 32.1. The minimum absolute atomic E-state index is 0.0481. The van der Waals surface area contributed by atoms with Gasteiger partial charge < -0.3 is 20.1 Å². The Bertz CT molecular complexity index is 1480. The van der Waals surface area contributed by atoms with Crippen molar-refractivity contribution in [3.63, 3.8) is 0 Å². The molecule has 2 atom stereocenters. The number of aryl methyl sites for hydroxylation is 3. The van der Waals surface area contributed by atoms with Crippen LogP contribution < -0.4 is 10.6 Å². The molecule has 0 spiro atoms. The molecule has 194 valence electrons. The highest BCUT2D eigenvalue weighted by Crippen LogP contribution is 2.41. The molecule has 0 saturated carbocycles. The van der Waals surface area contributed by atoms with Crippen LogP contribution in [0.2, 0.25) is 0 Å². The van der Waals surface area contributed by atoms with Crippen molar-refractivity contribution in [3.8, 4) is 5.82 Å². The average molecular weight is 525 g/mol. The summed E-state index contributed by atoms with van der Waals surface area (Å²) in [6, 6.07) is 19.7. The van der Waals surface area contributed by atoms with Crippen molar-refractivity contribution in [3.05, 3.63) is 107 Å². The minimum atomic E-state index is -0.151. The lowest BCUT2D eigenvalue weighted by molar-refractivity contribution is -0.116. The Balaban J connectivity index is 1.48. The molecule has 1 aromatic carbocycles. The molecule has 1 amide bonds. The van der Waals surface area contributed by atoms with E-state index in [-0.39, 0.29) is 18.0 Å². The van der Waals surface area contributed by atoms with E-state index in [1.807, 2.05) is 61.7 Å². The molecular formula is C30H32N6OS. The molecule has 1 fully saturated rings. The van der Waals surface area contributed by atoms with Gasteiger partial charge in [0, 0.05) is 42.4 Å². The zero-order valence-corrected chi connectivity index (χ0v) is 22.9. The predicted molar refractivity (Wildman–Crippen MR) is 154 cm³/mol. The minimum Gasteiger partial charge on any atom is -0.352 e. The van der Waals surface area contributed by atoms with E-state index >= 15 is 0 Å². The van der Waals surface area contributed by atoms with E-state index in [1.54, 1.807) is 6.20 Å². The second kappa shape index (κ2) is 10.8. The molecule has 0 unspecified atom stereocenters. The molecule has 0 radical (unpaired) electrons. The summed E-state index contributed by atoms with van der Waals surface area (Å²) in [6.07, 6.45) is 3.93. The average Bonchev–Trinajstić information content (AvgIpc) is 3.38. The Morgan fingerprint density at radius 3 is 2.55 bits per heavy atom. The number of thiocarbonyl (C=S) groups is 1. The maximum atomic E-state index is 12.9. The van der Waals surface area contributed by atoms with Crippen molar-refractivity contribution in [2.45, 2.75) is 46.2 Å². The van der Waals surface area contributed by atoms with Crippen molar-refractivity contribution in [2.75, 3.05) is 11.9 Å². The van der Waals surface area contributed by atoms with Gasteiger partial charge in [0.1, 0.15) is 5.82 Å². The number of amides is 1. The van der Waals surface area contributed by atoms with Gasteiger partial charge in [0.05, 0.1) is 17.8 Å². The summed E-state index contributed by atoms with van der Waals surface area (Å²) in [5.74, 6) is 0.869. The summed E-state index contributed by atoms with van der Waals surface area (Å²) < 4.78 is 2.20. The number of carbonyl (C=O) groups is 1. The molecule has 38 heavy (non-hydrogen) atoms. The molecule has 0 aliphatic carbocycles. The first-order chi connectivity index (χ1) is 18.3. The number of pyridine rings is 2. The number of rotatable bonds is 7. The summed E-state index contributed by atoms with van der Waals surface area (Å²) in [7, 11) is 0. The fraction of sp³-hybridized carbons (Fsp3) is 0.267. The third kappa shape index (κ3) is 5.04. The van der Waals surface area contributed by atoms with E-state index in [4.69, 9.17) is 12.2 Å². The molecule has 4 aromatic rings. The van der Waals surface area contributed by atoms with Gasteiger partial charge in [-0.3, -0.25) is 9.78 Å². The van der Waals surface area contributed by atoms with Crippen molar-refractivity contribution >= 4 is 28.9 Å². The number of benzene rings is 1. The van der Waals surface area contributed by atoms with Gasteiger partial charge in [-0.2, -0.15) is 0 Å². The zero-order chi connectivity index (χ0) is 26.8. The van der Waals surface area contributed by atoms with Crippen LogP contribution >= 0.6 is 12.2 Å². The third-order valence-electron chi connectivity index (χ3n) is 7.06. The van der Waals surface area contributed by atoms with Gasteiger partial charge in [-0.1, -0.05) is 24.3 Å². The lowest BCUT2D eigenvalue weighted by Crippen LogP contribution is -2.32. The van der Waals surface area contributed by atoms with Crippen LogP contribution in [0.15, 0.2) is 73.1 Å². The Morgan fingerprint density at radius 2 is 1.82 bits per heavy atom. The van der Waals surface area contributed by atoms with Gasteiger partial charge in [-0.05, 0) is 93.0 Å². The van der Waals surface area contributed by atoms with Crippen molar-refractivity contribution in [1.82, 2.24) is 24.8 Å². The standard InChI is InChI=1S/C30H32N6OS/c1-19-9-7-11-23(17-19)33-26(37)13-16-35-28(27(34-30(35)38)25-12-5-6-14-31-25)24-18-21(3)36(22(24)4)29-20(2)10-8-15-32-29/h5-12,14-15,17-18,27-28H,13,16H2,1-4H3,(H,33,37)(H,34,38)/t27-,28+/m1/s1. The van der Waals surface area contributed by atoms with Crippen LogP contribution in [0.1, 0.15) is 52.3 Å². The lowest BCUT2D eigenvalue weighted by atomic mass is 9.96. The Morgan fingerprint density at radius 1 is 1.00 bits per heavy atom. The van der Waals surface area contributed by atoms with E-state index in [0.29, 0.717) is 18.1 Å². The van der Waals surface area contributed by atoms with E-state index in [2.05, 4.69) is 63.0 Å². The van der Waals surface area contributed by atoms with Crippen LogP contribution in [0.5, 0.6) is 0 Å². The summed E-state index contributed by atoms with van der Waals surface area (Å²) in [4.78, 5) is 24.3. The molecule has 1 saturated heterocycles. The number of anilines is 1. The van der Waals surface area contributed by atoms with Gasteiger partial charge in [-0.15, -0.1) is 0 Å². The molecule has 8 heteroatoms. The highest BCUT2D eigenvalue weighted by molar-refractivity contribution is 7.80. The van der Waals surface area contributed by atoms with Gasteiger partial charge >= 0.3 is 0 Å². The van der Waals surface area contributed by atoms with Crippen molar-refractivity contribution in [1.29, 1.82) is 0 Å². The smallest absolute Gasteiger partial charge is 0.226 e. The van der Waals surface area contributed by atoms with Crippen LogP contribution in [0.3, 0.4) is 0 Å². The molecular weight excluding hydrogens is 492 g/mol. The first-order valence-electron chi connectivity index (χ1n) is 12.8. The van der Waals surface area contributed by atoms with E-state index in [0.717, 1.165) is 45.3 Å². The maximum absolute atomic E-state index is 12.9. The summed E-state index contributed by atoms with van der Waals surface area (Å²) in [6.45, 7) is 8.78. The molecule has 1 aliphatic heterocycles. The van der Waals surface area contributed by atoms with Gasteiger partial charge in [0.2, 0.25) is 5.91 Å². The van der Waals surface area contributed by atoms with E-state index in [1.165, 1.54) is 0 Å². The number of hydrogen-bond donors (Lipinski definition) is 2. The predicted octanol–water partition coefficient (Wildman–Crippen LogP) is 5.50. The molecule has 1 aliphatic rings. The normalized spacial score (nSPS) is 16.9. The monoisotopic (exact) mass is 524 g/mol. The summed E-state index contributed by atoms with van der Waals surface area (Å²) >= 11 is 5.83. The molecule has 3 aromatic heterocycles. The maximum Gasteiger partial charge on any atom is 0.226 e. The number of carbonyl (C=O) groups excluding carboxylic acids is 1. The SMILES string of the molecule is Cc1cccc(NC(=O)CCN2C(=S)N[C@H](c3ccccn3)[C@@H]2c2cc(C)n(-c3ncccc3C)c2C)c1. The lowest BCUT2D eigenvalue weighted by Gasteiger charge is -2.28. The van der Waals surface area contributed by atoms with Crippen molar-refractivity contribution < 1.29 is 4.79 Å². The van der Waals surface area contributed by atoms with E-state index < -0.39 is 0 Å². The molecule has 2 N–H and O–H groups in total. The Hall–Kier alpha value is -4.04. The number of aromatic nitrogens is 3. The fourth-order valence-corrected chi connectivity index (χ4v) is 5.61. The molecule has 4 heterocycles. The van der Waals surface area contributed by atoms with Crippen LogP contribution in [0.4, 0.5) is 5.69 Å². The quantitative estimate of drug-likeness (QED) is 0.311. The topological polar surface area (TPSA) is 75.1 Å². The molecule has 0 bridgehead atoms. The zero-order valence-electron chi connectivity index (χ0n) is 22.1. The Kier molecular flexibility index (Phi) is 7.24. The van der Waals surface area contributed by atoms with E-state index in [9.17, 15) is 4.79 Å². The second-order valence-electron chi connectivity index (χ2n) is 9.79. The third-order valence-corrected chi connectivity index (χ3v) is 7.41. The van der Waals surface area contributed by atoms with Gasteiger partial charge in [0.25, 0.3) is 0 Å². The number of nitrogens with one attached hydrogen (secondary N) is 2. The summed E-state index contributed by atoms with van der Waals surface area (Å²) in [5, 5.41) is 7.13. The second-order valence-corrected chi connectivity index (χ2v) is 10.2. The molecule has 7 nitrogen and oxygen atoms in total. The molecule has 5 rings (SSSR count). The fourth-order valence-electron chi connectivity index (χ4n) is 5.28. The van der Waals surface area contributed by atoms with Crippen molar-refractivity contribution in [2.24, 2.45) is 0 Å². The van der Waals surface area contributed by atoms with Crippen LogP contribution in [-0.4, -0.2) is 37.0 Å². The highest BCUT2D eigenvalue weighted by Gasteiger charge is 2.41. The number of nitrogens with zero attached hydrogens (tertiary/aromatic N) is 4. The van der Waals surface area contributed by atoms with Crippen LogP contribution in [-0.2, 0) is 4.79 Å². The number of hydrogen-bond acceptors (Lipinski definition) is 4. The van der Waals surface area contributed by atoms with Gasteiger partial charge in [-0.25, -0.2) is 4.98 Å². The van der Waals surface area contributed by atoms with Crippen LogP contribution in [0.25, 0.3) is 5.82 Å². The summed E-state index contributed by atoms with van der Waals surface area (Å²) in [5.41, 5.74) is 7.23. The Labute approximate surface area is 228 Å². The van der Waals surface area contributed by atoms with Gasteiger partial charge in [0.15, 0.2) is 5.11 Å². The first kappa shape index (κ1) is 25.6. The largest absolute Gasteiger partial charge is 0.352 e. The van der Waals surface area contributed by atoms with Crippen LogP contribution in [0, 0.1) is 27.7 Å². The first-order valence-corrected chi connectivity index (χ1v) is 13.2.